The van der Waals surface area contributed by atoms with Crippen LogP contribution in [0.3, 0.4) is 0 Å². The Morgan fingerprint density at radius 3 is 2.29 bits per heavy atom. The maximum Gasteiger partial charge on any atom is 0.247 e. The minimum atomic E-state index is -0.993. The van der Waals surface area contributed by atoms with E-state index in [0.29, 0.717) is 6.54 Å². The van der Waals surface area contributed by atoms with Gasteiger partial charge < -0.3 is 10.6 Å². The zero-order valence-corrected chi connectivity index (χ0v) is 18.4. The summed E-state index contributed by atoms with van der Waals surface area (Å²) in [7, 11) is 0. The molecule has 1 fully saturated rings. The van der Waals surface area contributed by atoms with Gasteiger partial charge in [-0.15, -0.1) is 24.8 Å². The summed E-state index contributed by atoms with van der Waals surface area (Å²) in [6.07, 6.45) is 0.949. The van der Waals surface area contributed by atoms with Crippen LogP contribution in [0.2, 0.25) is 5.02 Å². The normalized spacial score (nSPS) is 16.9. The molecule has 2 N–H and O–H groups in total. The van der Waals surface area contributed by atoms with Crippen molar-refractivity contribution in [3.8, 4) is 0 Å². The summed E-state index contributed by atoms with van der Waals surface area (Å²) in [5, 5.41) is 0.754. The molecule has 0 saturated carbocycles. The van der Waals surface area contributed by atoms with Crippen LogP contribution in [0.4, 0.5) is 0 Å². The second-order valence-corrected chi connectivity index (χ2v) is 7.55. The van der Waals surface area contributed by atoms with Crippen molar-refractivity contribution in [3.63, 3.8) is 0 Å². The van der Waals surface area contributed by atoms with Gasteiger partial charge in [0.05, 0.1) is 0 Å². The van der Waals surface area contributed by atoms with E-state index in [0.717, 1.165) is 43.2 Å². The molecule has 28 heavy (non-hydrogen) atoms. The molecule has 1 amide bonds. The summed E-state index contributed by atoms with van der Waals surface area (Å²) < 4.78 is 0. The van der Waals surface area contributed by atoms with Gasteiger partial charge in [-0.2, -0.15) is 0 Å². The first-order chi connectivity index (χ1) is 12.5. The van der Waals surface area contributed by atoms with Crippen molar-refractivity contribution in [1.82, 2.24) is 9.80 Å². The van der Waals surface area contributed by atoms with Gasteiger partial charge in [0, 0.05) is 37.7 Å². The quantitative estimate of drug-likeness (QED) is 0.772. The van der Waals surface area contributed by atoms with Crippen molar-refractivity contribution in [2.45, 2.75) is 25.4 Å². The van der Waals surface area contributed by atoms with Crippen molar-refractivity contribution in [2.75, 3.05) is 26.2 Å². The summed E-state index contributed by atoms with van der Waals surface area (Å²) >= 11 is 5.96. The molecule has 0 bridgehead atoms. The Balaban J connectivity index is 0.00000196. The van der Waals surface area contributed by atoms with Crippen LogP contribution in [-0.2, 0) is 16.9 Å². The van der Waals surface area contributed by atoms with Crippen molar-refractivity contribution < 1.29 is 4.79 Å². The summed E-state index contributed by atoms with van der Waals surface area (Å²) in [5.74, 6) is -0.00274. The second-order valence-electron chi connectivity index (χ2n) is 7.12. The zero-order valence-electron chi connectivity index (χ0n) is 16.0. The largest absolute Gasteiger partial charge is 0.339 e. The number of rotatable bonds is 4. The van der Waals surface area contributed by atoms with Crippen molar-refractivity contribution >= 4 is 42.3 Å². The van der Waals surface area contributed by atoms with E-state index in [1.807, 2.05) is 47.4 Å². The standard InChI is InChI=1S/C21H26ClN3O.2ClH/c1-21(23,18-6-3-2-4-7-18)20(26)25-13-5-12-24(14-15-25)16-17-8-10-19(22)11-9-17;;/h2-4,6-11H,5,12-16,23H2,1H3;2*1H. The predicted molar refractivity (Wildman–Crippen MR) is 120 cm³/mol. The lowest BCUT2D eigenvalue weighted by atomic mass is 9.91. The fraction of sp³-hybridized carbons (Fsp3) is 0.381. The molecular formula is C21H28Cl3N3O. The molecule has 2 aromatic carbocycles. The van der Waals surface area contributed by atoms with E-state index >= 15 is 0 Å². The van der Waals surface area contributed by atoms with Gasteiger partial charge in [0.2, 0.25) is 5.91 Å². The summed E-state index contributed by atoms with van der Waals surface area (Å²) in [6, 6.07) is 17.6. The summed E-state index contributed by atoms with van der Waals surface area (Å²) in [6.45, 7) is 5.94. The number of hydrogen-bond donors (Lipinski definition) is 1. The Morgan fingerprint density at radius 2 is 1.64 bits per heavy atom. The number of benzene rings is 2. The van der Waals surface area contributed by atoms with Crippen LogP contribution in [0.15, 0.2) is 54.6 Å². The molecule has 1 heterocycles. The number of nitrogens with two attached hydrogens (primary N) is 1. The molecule has 1 aliphatic rings. The molecule has 3 rings (SSSR count). The molecule has 4 nitrogen and oxygen atoms in total. The van der Waals surface area contributed by atoms with Gasteiger partial charge in [0.25, 0.3) is 0 Å². The number of hydrogen-bond acceptors (Lipinski definition) is 3. The maximum atomic E-state index is 13.0. The molecule has 7 heteroatoms. The van der Waals surface area contributed by atoms with Gasteiger partial charge in [-0.25, -0.2) is 0 Å². The predicted octanol–water partition coefficient (Wildman–Crippen LogP) is 4.09. The van der Waals surface area contributed by atoms with Crippen LogP contribution in [0.5, 0.6) is 0 Å². The Bertz CT molecular complexity index is 738. The number of carbonyl (C=O) groups excluding carboxylic acids is 1. The molecule has 1 atom stereocenters. The Kier molecular flexibility index (Phi) is 9.75. The minimum absolute atomic E-state index is 0. The number of amides is 1. The monoisotopic (exact) mass is 443 g/mol. The van der Waals surface area contributed by atoms with E-state index in [1.54, 1.807) is 6.92 Å². The van der Waals surface area contributed by atoms with Crippen LogP contribution in [-0.4, -0.2) is 41.9 Å². The van der Waals surface area contributed by atoms with Gasteiger partial charge in [-0.3, -0.25) is 9.69 Å². The Morgan fingerprint density at radius 1 is 1.00 bits per heavy atom. The van der Waals surface area contributed by atoms with Crippen LogP contribution in [0, 0.1) is 0 Å². The molecule has 2 aromatic rings. The topological polar surface area (TPSA) is 49.6 Å². The van der Waals surface area contributed by atoms with Gasteiger partial charge in [0.1, 0.15) is 5.54 Å². The molecule has 154 valence electrons. The van der Waals surface area contributed by atoms with E-state index in [4.69, 9.17) is 17.3 Å². The van der Waals surface area contributed by atoms with Crippen LogP contribution >= 0.6 is 36.4 Å². The molecular weight excluding hydrogens is 417 g/mol. The zero-order chi connectivity index (χ0) is 18.6. The first-order valence-corrected chi connectivity index (χ1v) is 9.45. The third-order valence-electron chi connectivity index (χ3n) is 5.01. The van der Waals surface area contributed by atoms with Crippen LogP contribution < -0.4 is 5.73 Å². The highest BCUT2D eigenvalue weighted by molar-refractivity contribution is 6.30. The highest BCUT2D eigenvalue weighted by Gasteiger charge is 2.35. The lowest BCUT2D eigenvalue weighted by Crippen LogP contribution is -2.51. The molecule has 0 aromatic heterocycles. The highest BCUT2D eigenvalue weighted by atomic mass is 35.5. The van der Waals surface area contributed by atoms with Gasteiger partial charge in [-0.1, -0.05) is 54.1 Å². The van der Waals surface area contributed by atoms with E-state index in [9.17, 15) is 4.79 Å². The summed E-state index contributed by atoms with van der Waals surface area (Å²) in [5.41, 5.74) is 7.52. The number of halogens is 3. The van der Waals surface area contributed by atoms with Crippen LogP contribution in [0.1, 0.15) is 24.5 Å². The van der Waals surface area contributed by atoms with Gasteiger partial charge in [-0.05, 0) is 36.6 Å². The minimum Gasteiger partial charge on any atom is -0.339 e. The van der Waals surface area contributed by atoms with E-state index < -0.39 is 5.54 Å². The third kappa shape index (κ3) is 6.10. The first kappa shape index (κ1) is 24.7. The smallest absolute Gasteiger partial charge is 0.247 e. The average Bonchev–Trinajstić information content (AvgIpc) is 2.89. The first-order valence-electron chi connectivity index (χ1n) is 9.07. The molecule has 0 aliphatic carbocycles. The molecule has 1 unspecified atom stereocenters. The Hall–Kier alpha value is -1.30. The van der Waals surface area contributed by atoms with Gasteiger partial charge in [0.15, 0.2) is 0 Å². The maximum absolute atomic E-state index is 13.0. The molecule has 0 radical (unpaired) electrons. The molecule has 0 spiro atoms. The number of carbonyl (C=O) groups is 1. The molecule has 1 saturated heterocycles. The van der Waals surface area contributed by atoms with Crippen LogP contribution in [0.25, 0.3) is 0 Å². The van der Waals surface area contributed by atoms with E-state index in [-0.39, 0.29) is 30.7 Å². The fourth-order valence-electron chi connectivity index (χ4n) is 3.42. The van der Waals surface area contributed by atoms with Crippen molar-refractivity contribution in [2.24, 2.45) is 5.73 Å². The fourth-order valence-corrected chi connectivity index (χ4v) is 3.54. The van der Waals surface area contributed by atoms with Crippen molar-refractivity contribution in [1.29, 1.82) is 0 Å². The average molecular weight is 445 g/mol. The van der Waals surface area contributed by atoms with Crippen molar-refractivity contribution in [3.05, 3.63) is 70.7 Å². The lowest BCUT2D eigenvalue weighted by molar-refractivity contribution is -0.136. The summed E-state index contributed by atoms with van der Waals surface area (Å²) in [4.78, 5) is 17.3. The Labute approximate surface area is 184 Å². The van der Waals surface area contributed by atoms with Gasteiger partial charge >= 0.3 is 0 Å². The highest BCUT2D eigenvalue weighted by Crippen LogP contribution is 2.21. The molecule has 1 aliphatic heterocycles. The third-order valence-corrected chi connectivity index (χ3v) is 5.26. The second kappa shape index (κ2) is 11.0. The SMILES string of the molecule is CC(N)(C(=O)N1CCCN(Cc2ccc(Cl)cc2)CC1)c1ccccc1.Cl.Cl. The lowest BCUT2D eigenvalue weighted by Gasteiger charge is -2.31. The number of nitrogens with zero attached hydrogens (tertiary/aromatic N) is 2. The van der Waals surface area contributed by atoms with E-state index in [2.05, 4.69) is 17.0 Å². The van der Waals surface area contributed by atoms with E-state index in [1.165, 1.54) is 5.56 Å².